The predicted octanol–water partition coefficient (Wildman–Crippen LogP) is 4.10. The SMILES string of the molecule is COc1cc2c(Oc3ccc(NC(=O)C4(C)CC4)cc3F)ccnc2cc1OS(=O)(=O)O. The Morgan fingerprint density at radius 2 is 1.88 bits per heavy atom. The molecule has 1 heterocycles. The quantitative estimate of drug-likeness (QED) is 0.503. The first kappa shape index (κ1) is 21.8. The van der Waals surface area contributed by atoms with Gasteiger partial charge in [-0.05, 0) is 37.1 Å². The van der Waals surface area contributed by atoms with Crippen molar-refractivity contribution in [2.45, 2.75) is 19.8 Å². The molecule has 1 amide bonds. The average Bonchev–Trinajstić information content (AvgIpc) is 3.47. The molecule has 2 N–H and O–H groups in total. The zero-order chi connectivity index (χ0) is 23.1. The fourth-order valence-electron chi connectivity index (χ4n) is 3.03. The molecule has 0 atom stereocenters. The summed E-state index contributed by atoms with van der Waals surface area (Å²) >= 11 is 0. The van der Waals surface area contributed by atoms with Gasteiger partial charge in [0.15, 0.2) is 23.1 Å². The zero-order valence-electron chi connectivity index (χ0n) is 17.1. The van der Waals surface area contributed by atoms with Gasteiger partial charge < -0.3 is 19.0 Å². The molecule has 1 saturated carbocycles. The number of aromatic nitrogens is 1. The highest BCUT2D eigenvalue weighted by Crippen LogP contribution is 2.46. The number of carbonyl (C=O) groups is 1. The molecule has 3 aromatic rings. The number of hydrogen-bond acceptors (Lipinski definition) is 7. The monoisotopic (exact) mass is 462 g/mol. The lowest BCUT2D eigenvalue weighted by molar-refractivity contribution is -0.120. The van der Waals surface area contributed by atoms with Crippen LogP contribution in [0.25, 0.3) is 10.9 Å². The minimum atomic E-state index is -4.78. The van der Waals surface area contributed by atoms with E-state index >= 15 is 0 Å². The van der Waals surface area contributed by atoms with Crippen LogP contribution in [0.5, 0.6) is 23.0 Å². The molecule has 0 unspecified atom stereocenters. The average molecular weight is 462 g/mol. The number of amides is 1. The molecule has 1 aliphatic carbocycles. The Labute approximate surface area is 183 Å². The summed E-state index contributed by atoms with van der Waals surface area (Å²) in [5, 5.41) is 3.08. The van der Waals surface area contributed by atoms with Gasteiger partial charge in [-0.2, -0.15) is 8.42 Å². The smallest absolute Gasteiger partial charge is 0.446 e. The van der Waals surface area contributed by atoms with Crippen LogP contribution in [0.15, 0.2) is 42.6 Å². The number of ether oxygens (including phenoxy) is 2. The molecule has 32 heavy (non-hydrogen) atoms. The lowest BCUT2D eigenvalue weighted by Gasteiger charge is -2.14. The number of pyridine rings is 1. The highest BCUT2D eigenvalue weighted by molar-refractivity contribution is 7.81. The third-order valence-corrected chi connectivity index (χ3v) is 5.53. The Hall–Kier alpha value is -3.44. The summed E-state index contributed by atoms with van der Waals surface area (Å²) in [6.45, 7) is 1.85. The number of hydrogen-bond donors (Lipinski definition) is 2. The summed E-state index contributed by atoms with van der Waals surface area (Å²) in [6, 6.07) is 8.21. The number of nitrogens with zero attached hydrogens (tertiary/aromatic N) is 1. The molecule has 0 spiro atoms. The van der Waals surface area contributed by atoms with Crippen LogP contribution in [0.2, 0.25) is 0 Å². The topological polar surface area (TPSA) is 124 Å². The van der Waals surface area contributed by atoms with Crippen LogP contribution in [0, 0.1) is 11.2 Å². The molecule has 0 aliphatic heterocycles. The van der Waals surface area contributed by atoms with Crippen LogP contribution in [0.3, 0.4) is 0 Å². The molecule has 2 aromatic carbocycles. The Morgan fingerprint density at radius 1 is 1.12 bits per heavy atom. The number of anilines is 1. The van der Waals surface area contributed by atoms with Gasteiger partial charge in [0.25, 0.3) is 0 Å². The van der Waals surface area contributed by atoms with Gasteiger partial charge in [0.05, 0.1) is 12.6 Å². The number of carbonyl (C=O) groups excluding carboxylic acids is 1. The maximum atomic E-state index is 14.7. The second-order valence-corrected chi connectivity index (χ2v) is 8.62. The normalized spacial score (nSPS) is 14.6. The van der Waals surface area contributed by atoms with E-state index in [1.165, 1.54) is 49.7 Å². The van der Waals surface area contributed by atoms with Crippen LogP contribution in [0.4, 0.5) is 10.1 Å². The summed E-state index contributed by atoms with van der Waals surface area (Å²) in [7, 11) is -3.50. The van der Waals surface area contributed by atoms with Gasteiger partial charge in [-0.1, -0.05) is 6.92 Å². The molecule has 0 radical (unpaired) electrons. The van der Waals surface area contributed by atoms with Crippen LogP contribution in [-0.4, -0.2) is 31.0 Å². The fourth-order valence-corrected chi connectivity index (χ4v) is 3.39. The van der Waals surface area contributed by atoms with Crippen molar-refractivity contribution < 1.29 is 35.8 Å². The number of fused-ring (bicyclic) bond motifs is 1. The van der Waals surface area contributed by atoms with E-state index in [0.717, 1.165) is 12.8 Å². The number of benzene rings is 2. The van der Waals surface area contributed by atoms with E-state index in [2.05, 4.69) is 14.5 Å². The van der Waals surface area contributed by atoms with Crippen molar-refractivity contribution in [3.8, 4) is 23.0 Å². The summed E-state index contributed by atoms with van der Waals surface area (Å²) in [5.74, 6) is -1.01. The van der Waals surface area contributed by atoms with Crippen molar-refractivity contribution in [2.75, 3.05) is 12.4 Å². The van der Waals surface area contributed by atoms with E-state index in [9.17, 15) is 17.6 Å². The van der Waals surface area contributed by atoms with Gasteiger partial charge in [0.1, 0.15) is 5.75 Å². The third-order valence-electron chi connectivity index (χ3n) is 5.14. The largest absolute Gasteiger partial charge is 0.493 e. The lowest BCUT2D eigenvalue weighted by Crippen LogP contribution is -2.21. The first-order valence-electron chi connectivity index (χ1n) is 9.50. The Bertz CT molecular complexity index is 1320. The van der Waals surface area contributed by atoms with Crippen molar-refractivity contribution >= 4 is 32.9 Å². The number of methoxy groups -OCH3 is 1. The van der Waals surface area contributed by atoms with Gasteiger partial charge >= 0.3 is 10.4 Å². The first-order valence-corrected chi connectivity index (χ1v) is 10.9. The summed E-state index contributed by atoms with van der Waals surface area (Å²) in [5.41, 5.74) is 0.184. The molecule has 1 aromatic heterocycles. The zero-order valence-corrected chi connectivity index (χ0v) is 17.9. The minimum absolute atomic E-state index is 0.0138. The summed E-state index contributed by atoms with van der Waals surface area (Å²) < 4.78 is 61.1. The van der Waals surface area contributed by atoms with Gasteiger partial charge in [0, 0.05) is 34.8 Å². The molecular weight excluding hydrogens is 443 g/mol. The van der Waals surface area contributed by atoms with Crippen molar-refractivity contribution in [3.05, 3.63) is 48.4 Å². The number of halogens is 1. The molecule has 0 saturated heterocycles. The Kier molecular flexibility index (Phi) is 5.39. The van der Waals surface area contributed by atoms with E-state index in [-0.39, 0.29) is 34.4 Å². The van der Waals surface area contributed by atoms with E-state index < -0.39 is 21.6 Å². The standard InChI is InChI=1S/C21H19FN2O7S/c1-21(6-7-21)20(25)24-12-3-4-17(14(22)9-12)30-16-5-8-23-15-11-19(31-32(26,27)28)18(29-2)10-13(15)16/h3-5,8-11H,6-7H2,1-2H3,(H,24,25)(H,26,27,28). The van der Waals surface area contributed by atoms with Crippen molar-refractivity contribution in [1.29, 1.82) is 0 Å². The fraction of sp³-hybridized carbons (Fsp3) is 0.238. The minimum Gasteiger partial charge on any atom is -0.493 e. The molecular formula is C21H19FN2O7S. The molecule has 168 valence electrons. The molecule has 9 nitrogen and oxygen atoms in total. The number of nitrogens with one attached hydrogen (secondary N) is 1. The lowest BCUT2D eigenvalue weighted by atomic mass is 10.1. The van der Waals surface area contributed by atoms with Gasteiger partial charge in [-0.15, -0.1) is 0 Å². The van der Waals surface area contributed by atoms with Crippen LogP contribution in [-0.2, 0) is 15.2 Å². The van der Waals surface area contributed by atoms with Gasteiger partial charge in [-0.3, -0.25) is 14.3 Å². The van der Waals surface area contributed by atoms with Crippen LogP contribution >= 0.6 is 0 Å². The van der Waals surface area contributed by atoms with Crippen LogP contribution < -0.4 is 19.0 Å². The highest BCUT2D eigenvalue weighted by Gasteiger charge is 2.44. The predicted molar refractivity (Wildman–Crippen MR) is 113 cm³/mol. The maximum Gasteiger partial charge on any atom is 0.446 e. The van der Waals surface area contributed by atoms with Crippen LogP contribution in [0.1, 0.15) is 19.8 Å². The molecule has 1 aliphatic rings. The molecule has 4 rings (SSSR count). The second-order valence-electron chi connectivity index (χ2n) is 7.60. The third kappa shape index (κ3) is 4.58. The highest BCUT2D eigenvalue weighted by atomic mass is 32.3. The van der Waals surface area contributed by atoms with Crippen molar-refractivity contribution in [1.82, 2.24) is 4.98 Å². The number of rotatable bonds is 7. The summed E-state index contributed by atoms with van der Waals surface area (Å²) in [6.07, 6.45) is 2.99. The first-order chi connectivity index (χ1) is 15.1. The maximum absolute atomic E-state index is 14.7. The molecule has 0 bridgehead atoms. The van der Waals surface area contributed by atoms with E-state index in [1.807, 2.05) is 6.92 Å². The molecule has 11 heteroatoms. The van der Waals surface area contributed by atoms with Crippen molar-refractivity contribution in [3.63, 3.8) is 0 Å². The van der Waals surface area contributed by atoms with E-state index in [0.29, 0.717) is 11.1 Å². The Morgan fingerprint density at radius 3 is 2.50 bits per heavy atom. The van der Waals surface area contributed by atoms with Gasteiger partial charge in [-0.25, -0.2) is 4.39 Å². The van der Waals surface area contributed by atoms with E-state index in [1.54, 1.807) is 0 Å². The molecule has 1 fully saturated rings. The van der Waals surface area contributed by atoms with Gasteiger partial charge in [0.2, 0.25) is 5.91 Å². The van der Waals surface area contributed by atoms with E-state index in [4.69, 9.17) is 14.0 Å². The van der Waals surface area contributed by atoms with Crippen molar-refractivity contribution in [2.24, 2.45) is 5.41 Å². The Balaban J connectivity index is 1.63. The second kappa shape index (κ2) is 7.92. The summed E-state index contributed by atoms with van der Waals surface area (Å²) in [4.78, 5) is 16.3.